The number of aromatic nitrogens is 1. The first kappa shape index (κ1) is 15.3. The molecule has 1 aliphatic rings. The van der Waals surface area contributed by atoms with Crippen LogP contribution in [0.1, 0.15) is 18.1 Å². The van der Waals surface area contributed by atoms with Gasteiger partial charge in [-0.2, -0.15) is 0 Å². The molecule has 0 aliphatic carbocycles. The first-order valence-corrected chi connectivity index (χ1v) is 8.06. The molecule has 0 amide bonds. The molecule has 1 atom stereocenters. The maximum atomic E-state index is 5.41. The minimum atomic E-state index is 0.393. The smallest absolute Gasteiger partial charge is 0.0752 e. The highest BCUT2D eigenvalue weighted by Gasteiger charge is 2.14. The Bertz CT molecular complexity index is 650. The van der Waals surface area contributed by atoms with Crippen molar-refractivity contribution in [1.82, 2.24) is 9.88 Å². The molecule has 1 fully saturated rings. The van der Waals surface area contributed by atoms with Crippen LogP contribution in [0.15, 0.2) is 24.4 Å². The molecule has 1 N–H and O–H groups in total. The van der Waals surface area contributed by atoms with Crippen molar-refractivity contribution in [2.75, 3.05) is 38.2 Å². The number of ether oxygens (including phenoxy) is 1. The van der Waals surface area contributed by atoms with Crippen LogP contribution >= 0.6 is 0 Å². The van der Waals surface area contributed by atoms with E-state index in [-0.39, 0.29) is 0 Å². The van der Waals surface area contributed by atoms with E-state index in [1.807, 2.05) is 6.20 Å². The summed E-state index contributed by atoms with van der Waals surface area (Å²) in [5.41, 5.74) is 4.79. The molecular formula is C18H25N3O. The number of aryl methyl sites for hydroxylation is 2. The van der Waals surface area contributed by atoms with E-state index in [0.717, 1.165) is 38.4 Å². The van der Waals surface area contributed by atoms with Crippen LogP contribution in [0.2, 0.25) is 0 Å². The molecular weight excluding hydrogens is 274 g/mol. The molecule has 1 saturated heterocycles. The van der Waals surface area contributed by atoms with E-state index in [2.05, 4.69) is 54.2 Å². The van der Waals surface area contributed by atoms with Crippen LogP contribution in [0, 0.1) is 13.8 Å². The van der Waals surface area contributed by atoms with Crippen LogP contribution in [-0.4, -0.2) is 48.8 Å². The Morgan fingerprint density at radius 3 is 2.82 bits per heavy atom. The Morgan fingerprint density at radius 1 is 1.27 bits per heavy atom. The first-order valence-electron chi connectivity index (χ1n) is 8.06. The molecule has 1 aromatic carbocycles. The van der Waals surface area contributed by atoms with Gasteiger partial charge in [0.2, 0.25) is 0 Å². The Morgan fingerprint density at radius 2 is 2.05 bits per heavy atom. The second-order valence-electron chi connectivity index (χ2n) is 6.29. The highest BCUT2D eigenvalue weighted by Crippen LogP contribution is 2.26. The highest BCUT2D eigenvalue weighted by molar-refractivity contribution is 5.93. The second-order valence-corrected chi connectivity index (χ2v) is 6.29. The van der Waals surface area contributed by atoms with Gasteiger partial charge in [0.05, 0.1) is 18.7 Å². The molecule has 1 aromatic heterocycles. The van der Waals surface area contributed by atoms with Gasteiger partial charge >= 0.3 is 0 Å². The average Bonchev–Trinajstić information content (AvgIpc) is 2.49. The Labute approximate surface area is 132 Å². The van der Waals surface area contributed by atoms with E-state index in [1.54, 1.807) is 0 Å². The summed E-state index contributed by atoms with van der Waals surface area (Å²) in [7, 11) is 0. The summed E-state index contributed by atoms with van der Waals surface area (Å²) < 4.78 is 5.41. The van der Waals surface area contributed by atoms with Crippen molar-refractivity contribution >= 4 is 16.6 Å². The van der Waals surface area contributed by atoms with Crippen LogP contribution in [0.4, 0.5) is 5.69 Å². The number of hydrogen-bond acceptors (Lipinski definition) is 4. The number of nitrogens with one attached hydrogen (secondary N) is 1. The molecule has 3 rings (SSSR count). The number of fused-ring (bicyclic) bond motifs is 1. The van der Waals surface area contributed by atoms with E-state index in [9.17, 15) is 0 Å². The van der Waals surface area contributed by atoms with Crippen LogP contribution in [-0.2, 0) is 4.74 Å². The molecule has 2 heterocycles. The molecule has 2 aromatic rings. The molecule has 0 bridgehead atoms. The zero-order valence-electron chi connectivity index (χ0n) is 13.7. The standard InChI is InChI=1S/C18H25N3O/c1-13-10-14(2)18-16(11-13)17(4-5-19-18)20-15(3)12-21-6-8-22-9-7-21/h4-5,10-11,15H,6-9,12H2,1-3H3,(H,19,20)/t15-/m0/s1. The number of rotatable bonds is 4. The van der Waals surface area contributed by atoms with Crippen molar-refractivity contribution in [1.29, 1.82) is 0 Å². The molecule has 4 nitrogen and oxygen atoms in total. The normalized spacial score (nSPS) is 17.6. The predicted molar refractivity (Wildman–Crippen MR) is 91.6 cm³/mol. The zero-order valence-corrected chi connectivity index (χ0v) is 13.7. The number of hydrogen-bond donors (Lipinski definition) is 1. The lowest BCUT2D eigenvalue weighted by atomic mass is 10.1. The third kappa shape index (κ3) is 3.39. The van der Waals surface area contributed by atoms with Gasteiger partial charge in [0, 0.05) is 42.9 Å². The Balaban J connectivity index is 1.78. The van der Waals surface area contributed by atoms with E-state index >= 15 is 0 Å². The largest absolute Gasteiger partial charge is 0.381 e. The summed E-state index contributed by atoms with van der Waals surface area (Å²) in [6.45, 7) is 11.3. The van der Waals surface area contributed by atoms with Gasteiger partial charge in [0.15, 0.2) is 0 Å². The minimum absolute atomic E-state index is 0.393. The van der Waals surface area contributed by atoms with E-state index in [4.69, 9.17) is 4.74 Å². The Kier molecular flexibility index (Phi) is 4.60. The van der Waals surface area contributed by atoms with Gasteiger partial charge in [-0.3, -0.25) is 9.88 Å². The highest BCUT2D eigenvalue weighted by atomic mass is 16.5. The van der Waals surface area contributed by atoms with Crippen LogP contribution < -0.4 is 5.32 Å². The van der Waals surface area contributed by atoms with Gasteiger partial charge in [-0.1, -0.05) is 11.6 Å². The van der Waals surface area contributed by atoms with E-state index in [1.165, 1.54) is 22.2 Å². The topological polar surface area (TPSA) is 37.4 Å². The molecule has 1 aliphatic heterocycles. The SMILES string of the molecule is Cc1cc(C)c2nccc(N[C@@H](C)CN3CCOCC3)c2c1. The summed E-state index contributed by atoms with van der Waals surface area (Å²) >= 11 is 0. The third-order valence-corrected chi connectivity index (χ3v) is 4.22. The number of anilines is 1. The van der Waals surface area contributed by atoms with E-state index in [0.29, 0.717) is 6.04 Å². The van der Waals surface area contributed by atoms with Crippen molar-refractivity contribution in [3.8, 4) is 0 Å². The second kappa shape index (κ2) is 6.63. The van der Waals surface area contributed by atoms with Gasteiger partial charge in [-0.25, -0.2) is 0 Å². The third-order valence-electron chi connectivity index (χ3n) is 4.22. The number of morpholine rings is 1. The van der Waals surface area contributed by atoms with Crippen LogP contribution in [0.3, 0.4) is 0 Å². The molecule has 118 valence electrons. The van der Waals surface area contributed by atoms with Gasteiger partial charge in [0.25, 0.3) is 0 Å². The minimum Gasteiger partial charge on any atom is -0.381 e. The maximum absolute atomic E-state index is 5.41. The van der Waals surface area contributed by atoms with Crippen molar-refractivity contribution in [2.24, 2.45) is 0 Å². The molecule has 0 unspecified atom stereocenters. The summed E-state index contributed by atoms with van der Waals surface area (Å²) in [5.74, 6) is 0. The maximum Gasteiger partial charge on any atom is 0.0752 e. The van der Waals surface area contributed by atoms with E-state index < -0.39 is 0 Å². The van der Waals surface area contributed by atoms with Gasteiger partial charge in [0.1, 0.15) is 0 Å². The number of benzene rings is 1. The monoisotopic (exact) mass is 299 g/mol. The fourth-order valence-corrected chi connectivity index (χ4v) is 3.22. The molecule has 0 radical (unpaired) electrons. The van der Waals surface area contributed by atoms with Crippen molar-refractivity contribution in [3.63, 3.8) is 0 Å². The molecule has 0 spiro atoms. The van der Waals surface area contributed by atoms with Gasteiger partial charge < -0.3 is 10.1 Å². The summed E-state index contributed by atoms with van der Waals surface area (Å²) in [6, 6.07) is 6.89. The van der Waals surface area contributed by atoms with Crippen molar-refractivity contribution in [3.05, 3.63) is 35.5 Å². The van der Waals surface area contributed by atoms with Crippen LogP contribution in [0.25, 0.3) is 10.9 Å². The summed E-state index contributed by atoms with van der Waals surface area (Å²) in [4.78, 5) is 7.00. The quantitative estimate of drug-likeness (QED) is 0.942. The van der Waals surface area contributed by atoms with Crippen molar-refractivity contribution in [2.45, 2.75) is 26.8 Å². The predicted octanol–water partition coefficient (Wildman–Crippen LogP) is 2.98. The number of pyridine rings is 1. The molecule has 22 heavy (non-hydrogen) atoms. The van der Waals surface area contributed by atoms with Crippen LogP contribution in [0.5, 0.6) is 0 Å². The molecule has 4 heteroatoms. The van der Waals surface area contributed by atoms with Gasteiger partial charge in [-0.05, 0) is 38.5 Å². The average molecular weight is 299 g/mol. The molecule has 0 saturated carbocycles. The fourth-order valence-electron chi connectivity index (χ4n) is 3.22. The summed E-state index contributed by atoms with van der Waals surface area (Å²) in [5, 5.41) is 4.88. The lowest BCUT2D eigenvalue weighted by Crippen LogP contribution is -2.42. The first-order chi connectivity index (χ1) is 10.6. The number of nitrogens with zero attached hydrogens (tertiary/aromatic N) is 2. The lowest BCUT2D eigenvalue weighted by molar-refractivity contribution is 0.0368. The van der Waals surface area contributed by atoms with Gasteiger partial charge in [-0.15, -0.1) is 0 Å². The lowest BCUT2D eigenvalue weighted by Gasteiger charge is -2.30. The Hall–Kier alpha value is -1.65. The summed E-state index contributed by atoms with van der Waals surface area (Å²) in [6.07, 6.45) is 1.90. The fraction of sp³-hybridized carbons (Fsp3) is 0.500. The zero-order chi connectivity index (χ0) is 15.5. The van der Waals surface area contributed by atoms with Crippen molar-refractivity contribution < 1.29 is 4.74 Å².